The maximum absolute atomic E-state index is 8.43. The third kappa shape index (κ3) is 1.70. The van der Waals surface area contributed by atoms with Gasteiger partial charge >= 0.3 is 0 Å². The molecule has 2 aromatic heterocycles. The van der Waals surface area contributed by atoms with Crippen molar-refractivity contribution in [3.05, 3.63) is 34.6 Å². The summed E-state index contributed by atoms with van der Waals surface area (Å²) < 4.78 is 1.68. The molecule has 0 fully saturated rings. The lowest BCUT2D eigenvalue weighted by Gasteiger charge is -2.13. The number of hydrogen-bond donors (Lipinski definition) is 0. The first-order valence-electron chi connectivity index (χ1n) is 4.92. The molecule has 0 aliphatic carbocycles. The van der Waals surface area contributed by atoms with E-state index in [1.54, 1.807) is 16.9 Å². The second kappa shape index (κ2) is 3.50. The molecule has 2 heterocycles. The fraction of sp³-hybridized carbons (Fsp3) is 0.400. The van der Waals surface area contributed by atoms with Crippen molar-refractivity contribution in [1.82, 2.24) is 14.6 Å². The summed E-state index contributed by atoms with van der Waals surface area (Å²) in [4.78, 5) is 6.76. The van der Waals surface area contributed by atoms with Crippen molar-refractivity contribution in [3.63, 3.8) is 0 Å². The van der Waals surface area contributed by atoms with Crippen molar-refractivity contribution in [2.75, 3.05) is 0 Å². The van der Waals surface area contributed by atoms with E-state index >= 15 is 0 Å². The van der Waals surface area contributed by atoms with Gasteiger partial charge in [-0.1, -0.05) is 20.8 Å². The van der Waals surface area contributed by atoms with E-state index in [-0.39, 0.29) is 5.41 Å². The maximum atomic E-state index is 8.43. The minimum Gasteiger partial charge on any atom is -0.251 e. The smallest absolute Gasteiger partial charge is 0.152 e. The van der Waals surface area contributed by atoms with Crippen molar-refractivity contribution < 1.29 is 0 Å². The molecule has 0 N–H and O–H groups in total. The molecule has 0 spiro atoms. The summed E-state index contributed by atoms with van der Waals surface area (Å²) in [7, 11) is 0. The van der Waals surface area contributed by atoms with Crippen LogP contribution in [0.1, 0.15) is 26.5 Å². The molecule has 2 rings (SSSR count). The monoisotopic (exact) mass is 216 g/mol. The Bertz CT molecular complexity index is 570. The normalized spacial score (nSPS) is 11.4. The number of azide groups is 1. The summed E-state index contributed by atoms with van der Waals surface area (Å²) in [6.07, 6.45) is 3.30. The van der Waals surface area contributed by atoms with Crippen molar-refractivity contribution in [2.24, 2.45) is 5.11 Å². The van der Waals surface area contributed by atoms with Gasteiger partial charge < -0.3 is 0 Å². The largest absolute Gasteiger partial charge is 0.251 e. The predicted molar refractivity (Wildman–Crippen MR) is 60.5 cm³/mol. The first kappa shape index (κ1) is 10.4. The van der Waals surface area contributed by atoms with E-state index in [1.807, 2.05) is 6.07 Å². The van der Waals surface area contributed by atoms with Gasteiger partial charge in [-0.25, -0.2) is 4.52 Å². The summed E-state index contributed by atoms with van der Waals surface area (Å²) in [6, 6.07) is 1.90. The zero-order chi connectivity index (χ0) is 11.8. The zero-order valence-electron chi connectivity index (χ0n) is 9.42. The Morgan fingerprint density at radius 1 is 1.44 bits per heavy atom. The molecule has 0 atom stereocenters. The topological polar surface area (TPSA) is 79.0 Å². The molecule has 0 aromatic carbocycles. The van der Waals surface area contributed by atoms with Gasteiger partial charge in [0.25, 0.3) is 0 Å². The zero-order valence-corrected chi connectivity index (χ0v) is 9.42. The first-order valence-corrected chi connectivity index (χ1v) is 4.92. The lowest BCUT2D eigenvalue weighted by atomic mass is 9.92. The fourth-order valence-electron chi connectivity index (χ4n) is 1.39. The molecule has 6 heteroatoms. The average Bonchev–Trinajstić information content (AvgIpc) is 2.62. The van der Waals surface area contributed by atoms with Gasteiger partial charge in [0.2, 0.25) is 0 Å². The van der Waals surface area contributed by atoms with Gasteiger partial charge in [-0.3, -0.25) is 4.98 Å². The molecular formula is C10H12N6. The van der Waals surface area contributed by atoms with Crippen LogP contribution in [0.3, 0.4) is 0 Å². The van der Waals surface area contributed by atoms with Gasteiger partial charge in [-0.2, -0.15) is 5.10 Å². The van der Waals surface area contributed by atoms with Crippen LogP contribution in [0.5, 0.6) is 0 Å². The Balaban J connectivity index is 2.70. The maximum Gasteiger partial charge on any atom is 0.152 e. The number of fused-ring (bicyclic) bond motifs is 1. The number of aromatic nitrogens is 3. The standard InChI is InChI=1S/C10H12N6/c1-10(2,3)8-6-7-9(13-15-11)12-4-5-16(7)14-8/h4-6H,1-3H3. The van der Waals surface area contributed by atoms with Crippen LogP contribution in [0.4, 0.5) is 5.82 Å². The number of hydrogen-bond acceptors (Lipinski definition) is 3. The second-order valence-electron chi connectivity index (χ2n) is 4.55. The van der Waals surface area contributed by atoms with E-state index in [2.05, 4.69) is 40.9 Å². The Labute approximate surface area is 92.6 Å². The third-order valence-corrected chi connectivity index (χ3v) is 2.28. The van der Waals surface area contributed by atoms with Crippen molar-refractivity contribution >= 4 is 11.3 Å². The van der Waals surface area contributed by atoms with Gasteiger partial charge in [-0.05, 0) is 16.7 Å². The lowest BCUT2D eigenvalue weighted by molar-refractivity contribution is 0.562. The van der Waals surface area contributed by atoms with E-state index in [0.717, 1.165) is 11.2 Å². The van der Waals surface area contributed by atoms with Crippen LogP contribution in [0.2, 0.25) is 0 Å². The van der Waals surface area contributed by atoms with Gasteiger partial charge in [0.1, 0.15) is 0 Å². The molecule has 6 nitrogen and oxygen atoms in total. The van der Waals surface area contributed by atoms with Crippen LogP contribution in [0.25, 0.3) is 16.0 Å². The highest BCUT2D eigenvalue weighted by Gasteiger charge is 2.18. The molecule has 0 saturated heterocycles. The molecule has 0 aliphatic heterocycles. The molecule has 0 saturated carbocycles. The van der Waals surface area contributed by atoms with Crippen LogP contribution in [0.15, 0.2) is 23.6 Å². The Hall–Kier alpha value is -2.07. The van der Waals surface area contributed by atoms with Crippen LogP contribution in [-0.4, -0.2) is 14.6 Å². The van der Waals surface area contributed by atoms with Crippen LogP contribution in [-0.2, 0) is 5.41 Å². The van der Waals surface area contributed by atoms with Crippen molar-refractivity contribution in [1.29, 1.82) is 0 Å². The second-order valence-corrected chi connectivity index (χ2v) is 4.55. The predicted octanol–water partition coefficient (Wildman–Crippen LogP) is 2.97. The fourth-order valence-corrected chi connectivity index (χ4v) is 1.39. The summed E-state index contributed by atoms with van der Waals surface area (Å²) in [5.41, 5.74) is 10.1. The molecule has 0 aliphatic rings. The molecule has 0 amide bonds. The SMILES string of the molecule is CC(C)(C)c1cc2c(N=[N+]=[N-])nccn2n1. The van der Waals surface area contributed by atoms with Gasteiger partial charge in [-0.15, -0.1) is 0 Å². The van der Waals surface area contributed by atoms with E-state index in [9.17, 15) is 0 Å². The Morgan fingerprint density at radius 3 is 2.81 bits per heavy atom. The van der Waals surface area contributed by atoms with Gasteiger partial charge in [0, 0.05) is 22.7 Å². The quantitative estimate of drug-likeness (QED) is 0.417. The summed E-state index contributed by atoms with van der Waals surface area (Å²) >= 11 is 0. The molecule has 0 bridgehead atoms. The van der Waals surface area contributed by atoms with Gasteiger partial charge in [0.15, 0.2) is 5.82 Å². The molecule has 0 radical (unpaired) electrons. The molecule has 2 aromatic rings. The highest BCUT2D eigenvalue weighted by molar-refractivity contribution is 5.64. The van der Waals surface area contributed by atoms with E-state index in [4.69, 9.17) is 5.53 Å². The van der Waals surface area contributed by atoms with E-state index in [0.29, 0.717) is 5.82 Å². The first-order chi connectivity index (χ1) is 7.52. The van der Waals surface area contributed by atoms with E-state index < -0.39 is 0 Å². The van der Waals surface area contributed by atoms with Crippen LogP contribution >= 0.6 is 0 Å². The van der Waals surface area contributed by atoms with Crippen LogP contribution < -0.4 is 0 Å². The summed E-state index contributed by atoms with van der Waals surface area (Å²) in [5, 5.41) is 7.96. The third-order valence-electron chi connectivity index (χ3n) is 2.28. The van der Waals surface area contributed by atoms with Crippen LogP contribution in [0, 0.1) is 0 Å². The summed E-state index contributed by atoms with van der Waals surface area (Å²) in [6.45, 7) is 6.24. The van der Waals surface area contributed by atoms with Gasteiger partial charge in [0.05, 0.1) is 11.2 Å². The molecule has 0 unspecified atom stereocenters. The number of nitrogens with zero attached hydrogens (tertiary/aromatic N) is 6. The molecule has 82 valence electrons. The Kier molecular flexibility index (Phi) is 2.29. The van der Waals surface area contributed by atoms with Crippen molar-refractivity contribution in [2.45, 2.75) is 26.2 Å². The molecule has 16 heavy (non-hydrogen) atoms. The highest BCUT2D eigenvalue weighted by atomic mass is 15.3. The lowest BCUT2D eigenvalue weighted by Crippen LogP contribution is -2.11. The minimum atomic E-state index is -0.0420. The molecular weight excluding hydrogens is 204 g/mol. The highest BCUT2D eigenvalue weighted by Crippen LogP contribution is 2.25. The number of rotatable bonds is 1. The van der Waals surface area contributed by atoms with Crippen molar-refractivity contribution in [3.8, 4) is 0 Å². The van der Waals surface area contributed by atoms with E-state index in [1.165, 1.54) is 0 Å². The minimum absolute atomic E-state index is 0.0420. The Morgan fingerprint density at radius 2 is 2.19 bits per heavy atom. The average molecular weight is 216 g/mol. The summed E-state index contributed by atoms with van der Waals surface area (Å²) in [5.74, 6) is 0.355.